The largest absolute Gasteiger partial charge is 0.353 e. The first-order valence-electron chi connectivity index (χ1n) is 8.91. The summed E-state index contributed by atoms with van der Waals surface area (Å²) in [6.45, 7) is 6.91. The average Bonchev–Trinajstić information content (AvgIpc) is 3.07. The minimum atomic E-state index is -0.445. The normalized spacial score (nSPS) is 53.9. The second-order valence-electron chi connectivity index (χ2n) is 8.41. The monoisotopic (exact) mass is 486 g/mol. The maximum absolute atomic E-state index is 12.5. The second-order valence-corrected chi connectivity index (χ2v) is 8.41. The molecule has 0 amide bonds. The zero-order valence-corrected chi connectivity index (χ0v) is 17.4. The first kappa shape index (κ1) is 17.9. The van der Waals surface area contributed by atoms with Crippen LogP contribution in [0.25, 0.3) is 0 Å². The number of hydrogen-bond donors (Lipinski definition) is 0. The van der Waals surface area contributed by atoms with E-state index in [1.165, 1.54) is 5.57 Å². The number of carbonyl (C=O) groups is 1. The Morgan fingerprint density at radius 1 is 1.42 bits per heavy atom. The zero-order valence-electron chi connectivity index (χ0n) is 14.3. The van der Waals surface area contributed by atoms with Crippen LogP contribution in [0.4, 0.5) is 0 Å². The number of hydrogen-bond acceptors (Lipinski definition) is 3. The van der Waals surface area contributed by atoms with Crippen molar-refractivity contribution in [1.82, 2.24) is 0 Å². The summed E-state index contributed by atoms with van der Waals surface area (Å²) in [7, 11) is 1.78. The van der Waals surface area contributed by atoms with Gasteiger partial charge in [-0.05, 0) is 36.7 Å². The minimum absolute atomic E-state index is 0.0432. The average molecular weight is 488 g/mol. The fourth-order valence-electron chi connectivity index (χ4n) is 6.84. The number of Topliss-reactive ketones (excluding diaryl/α,β-unsaturated/α-hetero) is 1. The van der Waals surface area contributed by atoms with E-state index in [4.69, 9.17) is 9.47 Å². The molecule has 4 unspecified atom stereocenters. The van der Waals surface area contributed by atoms with E-state index in [-0.39, 0.29) is 22.9 Å². The van der Waals surface area contributed by atoms with E-state index in [1.807, 2.05) is 0 Å². The van der Waals surface area contributed by atoms with E-state index in [0.29, 0.717) is 17.6 Å². The van der Waals surface area contributed by atoms with Crippen molar-refractivity contribution in [3.05, 3.63) is 18.6 Å². The molecule has 0 aromatic carbocycles. The van der Waals surface area contributed by atoms with Gasteiger partial charge in [-0.1, -0.05) is 13.0 Å². The Bertz CT molecular complexity index is 607. The molecular weight excluding hydrogens is 463 g/mol. The van der Waals surface area contributed by atoms with Crippen molar-refractivity contribution in [2.45, 2.75) is 56.8 Å². The summed E-state index contributed by atoms with van der Waals surface area (Å²) >= 11 is 5.35. The number of methoxy groups -OCH3 is 1. The molecule has 24 heavy (non-hydrogen) atoms. The third kappa shape index (κ3) is 1.87. The number of rotatable bonds is 1. The van der Waals surface area contributed by atoms with Gasteiger partial charge in [0.2, 0.25) is 0 Å². The fraction of sp³-hybridized carbons (Fsp3) is 0.789. The van der Waals surface area contributed by atoms with Crippen LogP contribution in [0.3, 0.4) is 0 Å². The van der Waals surface area contributed by atoms with Gasteiger partial charge in [0.05, 0.1) is 5.60 Å². The van der Waals surface area contributed by atoms with Crippen LogP contribution in [0.15, 0.2) is 11.6 Å². The molecule has 3 nitrogen and oxygen atoms in total. The zero-order chi connectivity index (χ0) is 17.3. The molecule has 0 N–H and O–H groups in total. The Labute approximate surface area is 161 Å². The van der Waals surface area contributed by atoms with Crippen LogP contribution in [0.1, 0.15) is 45.4 Å². The van der Waals surface area contributed by atoms with Crippen LogP contribution in [-0.2, 0) is 31.5 Å². The molecule has 6 rings (SSSR count). The Morgan fingerprint density at radius 3 is 2.88 bits per heavy atom. The van der Waals surface area contributed by atoms with E-state index in [2.05, 4.69) is 50.5 Å². The molecule has 2 heterocycles. The Kier molecular flexibility index (Phi) is 4.27. The summed E-state index contributed by atoms with van der Waals surface area (Å²) in [5.74, 6) is 1.06. The predicted molar refractivity (Wildman–Crippen MR) is 90.7 cm³/mol. The summed E-state index contributed by atoms with van der Waals surface area (Å²) in [6, 6.07) is 0. The van der Waals surface area contributed by atoms with Crippen LogP contribution < -0.4 is 0 Å². The first-order valence-corrected chi connectivity index (χ1v) is 12.5. The summed E-state index contributed by atoms with van der Waals surface area (Å²) in [6.07, 6.45) is 8.34. The Hall–Kier alpha value is 0.472. The van der Waals surface area contributed by atoms with Crippen LogP contribution in [0, 0.1) is 36.0 Å². The van der Waals surface area contributed by atoms with E-state index < -0.39 is 5.79 Å². The Morgan fingerprint density at radius 2 is 2.17 bits per heavy atom. The molecule has 1 spiro atoms. The van der Waals surface area contributed by atoms with Gasteiger partial charge >= 0.3 is 30.6 Å². The molecular formula is C19H25BrO3Pd. The van der Waals surface area contributed by atoms with Gasteiger partial charge in [-0.25, -0.2) is 0 Å². The SMILES string of the molecule is [Br][Pd+].[CH2-]C1C2C(=O)CCC2C2=CC[C@@H]3CC4(OC)CC[C@]3(C)[C@]21O4. The van der Waals surface area contributed by atoms with Crippen LogP contribution >= 0.6 is 13.4 Å². The van der Waals surface area contributed by atoms with Crippen molar-refractivity contribution in [2.75, 3.05) is 7.11 Å². The number of halogens is 1. The standard InChI is InChI=1S/C19H25O3.BrH.Pd/c1-11-16-13(5-7-15(16)20)14-6-4-12-10-18(21-3)9-8-17(12,2)19(11,14)22-18;;/h6,11-13,16H,1,4-5,7-10H2,2-3H3;1H;/q-1;;+2/p-1/t11?,12-,13?,16?,17+,18?,19-;;/m1../s1. The van der Waals surface area contributed by atoms with Crippen LogP contribution in [-0.4, -0.2) is 24.3 Å². The molecule has 7 atom stereocenters. The number of ketones is 1. The number of allylic oxidation sites excluding steroid dienone is 1. The van der Waals surface area contributed by atoms with Gasteiger partial charge < -0.3 is 16.4 Å². The second kappa shape index (κ2) is 5.73. The van der Waals surface area contributed by atoms with Gasteiger partial charge in [-0.3, -0.25) is 4.79 Å². The van der Waals surface area contributed by atoms with E-state index in [0.717, 1.165) is 38.5 Å². The molecule has 5 fully saturated rings. The van der Waals surface area contributed by atoms with Crippen LogP contribution in [0.5, 0.6) is 0 Å². The summed E-state index contributed by atoms with van der Waals surface area (Å²) in [5, 5.41) is 0. The molecule has 6 aliphatic rings. The van der Waals surface area contributed by atoms with E-state index >= 15 is 0 Å². The van der Waals surface area contributed by atoms with Gasteiger partial charge in [0.25, 0.3) is 0 Å². The van der Waals surface area contributed by atoms with Gasteiger partial charge in [-0.2, -0.15) is 0 Å². The number of fused-ring (bicyclic) bond motifs is 3. The maximum Gasteiger partial charge on any atom is 0.169 e. The predicted octanol–water partition coefficient (Wildman–Crippen LogP) is 4.14. The maximum atomic E-state index is 12.5. The molecule has 0 aromatic rings. The minimum Gasteiger partial charge on any atom is -0.353 e. The van der Waals surface area contributed by atoms with Crippen molar-refractivity contribution >= 4 is 19.2 Å². The van der Waals surface area contributed by atoms with Gasteiger partial charge in [0.1, 0.15) is 5.78 Å². The van der Waals surface area contributed by atoms with E-state index in [9.17, 15) is 4.79 Å². The van der Waals surface area contributed by atoms with E-state index in [1.54, 1.807) is 7.11 Å². The van der Waals surface area contributed by atoms with Gasteiger partial charge in [0, 0.05) is 37.7 Å². The van der Waals surface area contributed by atoms with Crippen molar-refractivity contribution in [1.29, 1.82) is 0 Å². The Balaban J connectivity index is 0.000000704. The smallest absolute Gasteiger partial charge is 0.169 e. The molecule has 0 aromatic heterocycles. The molecule has 2 aliphatic heterocycles. The quantitative estimate of drug-likeness (QED) is 0.317. The molecule has 0 radical (unpaired) electrons. The summed E-state index contributed by atoms with van der Waals surface area (Å²) < 4.78 is 12.7. The van der Waals surface area contributed by atoms with Crippen molar-refractivity contribution < 1.29 is 31.5 Å². The molecule has 4 bridgehead atoms. The molecule has 3 saturated carbocycles. The van der Waals surface area contributed by atoms with Gasteiger partial charge in [-0.15, -0.1) is 5.92 Å². The fourth-order valence-corrected chi connectivity index (χ4v) is 6.84. The molecule has 2 saturated heterocycles. The van der Waals surface area contributed by atoms with Crippen LogP contribution in [0.2, 0.25) is 0 Å². The van der Waals surface area contributed by atoms with Crippen molar-refractivity contribution in [3.63, 3.8) is 0 Å². The molecule has 5 heteroatoms. The third-order valence-corrected chi connectivity index (χ3v) is 7.96. The van der Waals surface area contributed by atoms with Crippen molar-refractivity contribution in [2.24, 2.45) is 29.1 Å². The molecule has 4 aliphatic carbocycles. The number of carbonyl (C=O) groups excluding carboxylic acids is 1. The van der Waals surface area contributed by atoms with Crippen molar-refractivity contribution in [3.8, 4) is 0 Å². The molecule has 136 valence electrons. The summed E-state index contributed by atoms with van der Waals surface area (Å²) in [4.78, 5) is 12.5. The number of ether oxygens (including phenoxy) is 2. The topological polar surface area (TPSA) is 35.5 Å². The summed E-state index contributed by atoms with van der Waals surface area (Å²) in [5.41, 5.74) is 1.17. The first-order chi connectivity index (χ1) is 11.5. The van der Waals surface area contributed by atoms with Gasteiger partial charge in [0.15, 0.2) is 5.79 Å². The third-order valence-electron chi connectivity index (χ3n) is 7.96.